The molecule has 14 heavy (non-hydrogen) atoms. The first-order chi connectivity index (χ1) is 6.68. The van der Waals surface area contributed by atoms with Crippen molar-refractivity contribution in [1.29, 1.82) is 0 Å². The van der Waals surface area contributed by atoms with Crippen LogP contribution in [0.3, 0.4) is 0 Å². The fourth-order valence-corrected chi connectivity index (χ4v) is 3.01. The van der Waals surface area contributed by atoms with E-state index in [0.717, 1.165) is 27.5 Å². The molecule has 76 valence electrons. The van der Waals surface area contributed by atoms with Gasteiger partial charge >= 0.3 is 0 Å². The third kappa shape index (κ3) is 1.87. The standard InChI is InChI=1S/C10H12BrNOS/c1-6-5-8(14-10(6)11)9(12)7-3-2-4-13-7/h3,5,9H,2,4,12H2,1H3. The highest BCUT2D eigenvalue weighted by Crippen LogP contribution is 2.34. The van der Waals surface area contributed by atoms with Crippen LogP contribution in [0.5, 0.6) is 0 Å². The zero-order valence-electron chi connectivity index (χ0n) is 7.92. The van der Waals surface area contributed by atoms with Crippen LogP contribution in [0.25, 0.3) is 0 Å². The fraction of sp³-hybridized carbons (Fsp3) is 0.400. The summed E-state index contributed by atoms with van der Waals surface area (Å²) in [6, 6.07) is 2.02. The molecule has 0 radical (unpaired) electrons. The molecule has 0 bridgehead atoms. The summed E-state index contributed by atoms with van der Waals surface area (Å²) in [6.07, 6.45) is 3.06. The van der Waals surface area contributed by atoms with Gasteiger partial charge in [-0.2, -0.15) is 0 Å². The minimum atomic E-state index is -0.0903. The molecular weight excluding hydrogens is 262 g/mol. The predicted octanol–water partition coefficient (Wildman–Crippen LogP) is 3.12. The number of rotatable bonds is 2. The molecule has 2 N–H and O–H groups in total. The lowest BCUT2D eigenvalue weighted by atomic mass is 10.2. The van der Waals surface area contributed by atoms with Crippen molar-refractivity contribution in [3.63, 3.8) is 0 Å². The second kappa shape index (κ2) is 4.04. The zero-order valence-corrected chi connectivity index (χ0v) is 10.3. The monoisotopic (exact) mass is 273 g/mol. The second-order valence-corrected chi connectivity index (χ2v) is 5.73. The Morgan fingerprint density at radius 2 is 2.43 bits per heavy atom. The van der Waals surface area contributed by atoms with Crippen LogP contribution in [0.15, 0.2) is 21.7 Å². The third-order valence-electron chi connectivity index (χ3n) is 2.22. The van der Waals surface area contributed by atoms with Gasteiger partial charge in [-0.25, -0.2) is 0 Å². The normalized spacial score (nSPS) is 17.8. The highest BCUT2D eigenvalue weighted by atomic mass is 79.9. The van der Waals surface area contributed by atoms with Crippen molar-refractivity contribution in [2.75, 3.05) is 6.61 Å². The van der Waals surface area contributed by atoms with Gasteiger partial charge < -0.3 is 10.5 Å². The Morgan fingerprint density at radius 3 is 2.93 bits per heavy atom. The molecule has 1 aromatic heterocycles. The average Bonchev–Trinajstić information content (AvgIpc) is 2.76. The van der Waals surface area contributed by atoms with Crippen LogP contribution in [0.2, 0.25) is 0 Å². The van der Waals surface area contributed by atoms with Crippen LogP contribution in [0, 0.1) is 6.92 Å². The Bertz CT molecular complexity index is 353. The van der Waals surface area contributed by atoms with E-state index >= 15 is 0 Å². The van der Waals surface area contributed by atoms with Crippen molar-refractivity contribution in [2.24, 2.45) is 5.73 Å². The molecule has 2 heterocycles. The minimum Gasteiger partial charge on any atom is -0.496 e. The number of hydrogen-bond acceptors (Lipinski definition) is 3. The van der Waals surface area contributed by atoms with Crippen molar-refractivity contribution >= 4 is 27.3 Å². The van der Waals surface area contributed by atoms with Crippen LogP contribution in [-0.4, -0.2) is 6.61 Å². The van der Waals surface area contributed by atoms with Gasteiger partial charge in [0.05, 0.1) is 16.4 Å². The summed E-state index contributed by atoms with van der Waals surface area (Å²) >= 11 is 5.18. The Kier molecular flexibility index (Phi) is 2.95. The van der Waals surface area contributed by atoms with Crippen LogP contribution < -0.4 is 5.73 Å². The quantitative estimate of drug-likeness (QED) is 0.899. The topological polar surface area (TPSA) is 35.2 Å². The predicted molar refractivity (Wildman–Crippen MR) is 62.3 cm³/mol. The lowest BCUT2D eigenvalue weighted by Gasteiger charge is -2.10. The average molecular weight is 274 g/mol. The largest absolute Gasteiger partial charge is 0.496 e. The summed E-state index contributed by atoms with van der Waals surface area (Å²) in [5, 5.41) is 0. The minimum absolute atomic E-state index is 0.0903. The highest BCUT2D eigenvalue weighted by Gasteiger charge is 2.19. The second-order valence-electron chi connectivity index (χ2n) is 3.33. The summed E-state index contributed by atoms with van der Waals surface area (Å²) < 4.78 is 6.60. The maximum Gasteiger partial charge on any atom is 0.114 e. The van der Waals surface area contributed by atoms with Gasteiger partial charge in [-0.15, -0.1) is 11.3 Å². The molecule has 0 aromatic carbocycles. The van der Waals surface area contributed by atoms with Crippen molar-refractivity contribution in [2.45, 2.75) is 19.4 Å². The van der Waals surface area contributed by atoms with E-state index in [4.69, 9.17) is 10.5 Å². The Hall–Kier alpha value is -0.320. The molecule has 0 amide bonds. The first kappa shape index (κ1) is 10.2. The Balaban J connectivity index is 2.22. The summed E-state index contributed by atoms with van der Waals surface area (Å²) in [4.78, 5) is 1.16. The Morgan fingerprint density at radius 1 is 1.64 bits per heavy atom. The molecule has 0 saturated carbocycles. The van der Waals surface area contributed by atoms with Gasteiger partial charge in [-0.3, -0.25) is 0 Å². The molecule has 0 aliphatic carbocycles. The number of hydrogen-bond donors (Lipinski definition) is 1. The van der Waals surface area contributed by atoms with E-state index in [1.165, 1.54) is 5.56 Å². The lowest BCUT2D eigenvalue weighted by molar-refractivity contribution is 0.226. The molecule has 0 saturated heterocycles. The summed E-state index contributed by atoms with van der Waals surface area (Å²) in [6.45, 7) is 2.84. The third-order valence-corrected chi connectivity index (χ3v) is 4.44. The van der Waals surface area contributed by atoms with Crippen molar-refractivity contribution in [1.82, 2.24) is 0 Å². The van der Waals surface area contributed by atoms with E-state index in [1.807, 2.05) is 0 Å². The van der Waals surface area contributed by atoms with E-state index in [1.54, 1.807) is 11.3 Å². The molecule has 0 spiro atoms. The molecule has 4 heteroatoms. The van der Waals surface area contributed by atoms with Gasteiger partial charge in [-0.1, -0.05) is 0 Å². The molecule has 0 fully saturated rings. The van der Waals surface area contributed by atoms with Gasteiger partial charge in [0.2, 0.25) is 0 Å². The summed E-state index contributed by atoms with van der Waals surface area (Å²) in [7, 11) is 0. The van der Waals surface area contributed by atoms with Gasteiger partial charge in [-0.05, 0) is 40.6 Å². The fourth-order valence-electron chi connectivity index (χ4n) is 1.43. The van der Waals surface area contributed by atoms with Crippen LogP contribution in [0.4, 0.5) is 0 Å². The molecule has 2 nitrogen and oxygen atoms in total. The number of nitrogens with two attached hydrogens (primary N) is 1. The van der Waals surface area contributed by atoms with E-state index in [-0.39, 0.29) is 6.04 Å². The molecule has 1 aromatic rings. The molecule has 1 unspecified atom stereocenters. The number of aryl methyl sites for hydroxylation is 1. The van der Waals surface area contributed by atoms with E-state index in [2.05, 4.69) is 35.0 Å². The van der Waals surface area contributed by atoms with Gasteiger partial charge in [0.25, 0.3) is 0 Å². The number of thiophene rings is 1. The number of halogens is 1. The van der Waals surface area contributed by atoms with E-state index < -0.39 is 0 Å². The molecule has 2 rings (SSSR count). The van der Waals surface area contributed by atoms with E-state index in [9.17, 15) is 0 Å². The SMILES string of the molecule is Cc1cc(C(N)C2=CCCO2)sc1Br. The van der Waals surface area contributed by atoms with Crippen molar-refractivity contribution in [3.05, 3.63) is 32.1 Å². The molecule has 1 atom stereocenters. The Labute approximate surface area is 95.9 Å². The van der Waals surface area contributed by atoms with Crippen LogP contribution in [0.1, 0.15) is 22.9 Å². The van der Waals surface area contributed by atoms with Crippen molar-refractivity contribution in [3.8, 4) is 0 Å². The first-order valence-electron chi connectivity index (χ1n) is 4.52. The zero-order chi connectivity index (χ0) is 10.1. The summed E-state index contributed by atoms with van der Waals surface area (Å²) in [5.41, 5.74) is 7.31. The van der Waals surface area contributed by atoms with Crippen LogP contribution >= 0.6 is 27.3 Å². The van der Waals surface area contributed by atoms with Crippen molar-refractivity contribution < 1.29 is 4.74 Å². The van der Waals surface area contributed by atoms with E-state index in [0.29, 0.717) is 0 Å². The maximum atomic E-state index is 6.08. The molecular formula is C10H12BrNOS. The smallest absolute Gasteiger partial charge is 0.114 e. The molecule has 1 aliphatic heterocycles. The maximum absolute atomic E-state index is 6.08. The molecule has 1 aliphatic rings. The highest BCUT2D eigenvalue weighted by molar-refractivity contribution is 9.11. The van der Waals surface area contributed by atoms with Gasteiger partial charge in [0, 0.05) is 11.3 Å². The first-order valence-corrected chi connectivity index (χ1v) is 6.13. The van der Waals surface area contributed by atoms with Crippen LogP contribution in [-0.2, 0) is 4.74 Å². The summed E-state index contributed by atoms with van der Waals surface area (Å²) in [5.74, 6) is 0.916. The lowest BCUT2D eigenvalue weighted by Crippen LogP contribution is -2.11. The number of ether oxygens (including phenoxy) is 1. The van der Waals surface area contributed by atoms with Gasteiger partial charge in [0.15, 0.2) is 0 Å². The van der Waals surface area contributed by atoms with Gasteiger partial charge in [0.1, 0.15) is 5.76 Å².